The van der Waals surface area contributed by atoms with Crippen molar-refractivity contribution in [1.29, 1.82) is 0 Å². The maximum absolute atomic E-state index is 5.94. The van der Waals surface area contributed by atoms with Crippen molar-refractivity contribution in [2.75, 3.05) is 0 Å². The van der Waals surface area contributed by atoms with Gasteiger partial charge in [-0.25, -0.2) is 0 Å². The van der Waals surface area contributed by atoms with Crippen LogP contribution in [0.3, 0.4) is 0 Å². The topological polar surface area (TPSA) is 26.0 Å². The first-order valence-corrected chi connectivity index (χ1v) is 4.78. The SMILES string of the molecule is CCCC(CC)CC(C)(C)N. The van der Waals surface area contributed by atoms with Gasteiger partial charge in [-0.1, -0.05) is 33.1 Å². The molecule has 1 heteroatoms. The van der Waals surface area contributed by atoms with Crippen LogP contribution >= 0.6 is 0 Å². The highest BCUT2D eigenvalue weighted by molar-refractivity contribution is 4.75. The first-order valence-electron chi connectivity index (χ1n) is 4.78. The van der Waals surface area contributed by atoms with E-state index >= 15 is 0 Å². The molecule has 0 aromatic heterocycles. The fourth-order valence-corrected chi connectivity index (χ4v) is 1.60. The number of nitrogens with two attached hydrogens (primary N) is 1. The normalized spacial score (nSPS) is 15.0. The summed E-state index contributed by atoms with van der Waals surface area (Å²) in [5.41, 5.74) is 5.97. The van der Waals surface area contributed by atoms with Crippen molar-refractivity contribution in [3.05, 3.63) is 0 Å². The third kappa shape index (κ3) is 6.36. The highest BCUT2D eigenvalue weighted by Crippen LogP contribution is 2.21. The molecule has 0 aliphatic carbocycles. The Morgan fingerprint density at radius 1 is 1.27 bits per heavy atom. The van der Waals surface area contributed by atoms with Crippen LogP contribution < -0.4 is 5.73 Å². The lowest BCUT2D eigenvalue weighted by molar-refractivity contribution is 0.333. The van der Waals surface area contributed by atoms with E-state index in [9.17, 15) is 0 Å². The molecule has 1 atom stereocenters. The van der Waals surface area contributed by atoms with E-state index in [2.05, 4.69) is 27.7 Å². The van der Waals surface area contributed by atoms with Gasteiger partial charge in [0.15, 0.2) is 0 Å². The van der Waals surface area contributed by atoms with Crippen molar-refractivity contribution in [2.24, 2.45) is 11.7 Å². The lowest BCUT2D eigenvalue weighted by Crippen LogP contribution is -2.34. The molecule has 1 unspecified atom stereocenters. The van der Waals surface area contributed by atoms with E-state index in [1.54, 1.807) is 0 Å². The molecule has 0 saturated heterocycles. The van der Waals surface area contributed by atoms with Crippen LogP contribution in [0.15, 0.2) is 0 Å². The molecule has 0 radical (unpaired) electrons. The minimum atomic E-state index is 0.0237. The summed E-state index contributed by atoms with van der Waals surface area (Å²) in [5.74, 6) is 0.833. The third-order valence-corrected chi connectivity index (χ3v) is 2.09. The quantitative estimate of drug-likeness (QED) is 0.652. The fourth-order valence-electron chi connectivity index (χ4n) is 1.60. The number of hydrogen-bond acceptors (Lipinski definition) is 1. The molecule has 0 aromatic rings. The van der Waals surface area contributed by atoms with Crippen molar-refractivity contribution in [3.63, 3.8) is 0 Å². The minimum absolute atomic E-state index is 0.0237. The van der Waals surface area contributed by atoms with Gasteiger partial charge in [0, 0.05) is 5.54 Å². The van der Waals surface area contributed by atoms with Crippen LogP contribution in [0.5, 0.6) is 0 Å². The van der Waals surface area contributed by atoms with E-state index in [1.807, 2.05) is 0 Å². The highest BCUT2D eigenvalue weighted by Gasteiger charge is 2.16. The molecule has 0 fully saturated rings. The number of hydrogen-bond donors (Lipinski definition) is 1. The Labute approximate surface area is 71.4 Å². The lowest BCUT2D eigenvalue weighted by Gasteiger charge is -2.24. The summed E-state index contributed by atoms with van der Waals surface area (Å²) in [6.45, 7) is 8.73. The van der Waals surface area contributed by atoms with Gasteiger partial charge in [-0.3, -0.25) is 0 Å². The highest BCUT2D eigenvalue weighted by atomic mass is 14.7. The molecule has 0 saturated carbocycles. The Balaban J connectivity index is 3.68. The molecule has 1 nitrogen and oxygen atoms in total. The molecule has 0 rings (SSSR count). The van der Waals surface area contributed by atoms with E-state index in [4.69, 9.17) is 5.73 Å². The lowest BCUT2D eigenvalue weighted by atomic mass is 9.87. The zero-order chi connectivity index (χ0) is 8.91. The largest absolute Gasteiger partial charge is 0.326 e. The third-order valence-electron chi connectivity index (χ3n) is 2.09. The first-order chi connectivity index (χ1) is 4.99. The van der Waals surface area contributed by atoms with Crippen LogP contribution in [0.4, 0.5) is 0 Å². The molecule has 0 aliphatic heterocycles. The number of rotatable bonds is 5. The molecular formula is C10H23N. The van der Waals surface area contributed by atoms with Crippen molar-refractivity contribution in [1.82, 2.24) is 0 Å². The van der Waals surface area contributed by atoms with Gasteiger partial charge in [0.25, 0.3) is 0 Å². The molecule has 0 bridgehead atoms. The Morgan fingerprint density at radius 2 is 1.82 bits per heavy atom. The van der Waals surface area contributed by atoms with Crippen molar-refractivity contribution >= 4 is 0 Å². The Kier molecular flexibility index (Phi) is 4.74. The average molecular weight is 157 g/mol. The predicted octanol–water partition coefficient (Wildman–Crippen LogP) is 2.94. The van der Waals surface area contributed by atoms with Gasteiger partial charge in [0.05, 0.1) is 0 Å². The van der Waals surface area contributed by atoms with E-state index in [0.717, 1.165) is 12.3 Å². The Hall–Kier alpha value is -0.0400. The van der Waals surface area contributed by atoms with Crippen LogP contribution in [-0.2, 0) is 0 Å². The van der Waals surface area contributed by atoms with E-state index in [0.29, 0.717) is 0 Å². The molecule has 0 spiro atoms. The molecule has 68 valence electrons. The van der Waals surface area contributed by atoms with Gasteiger partial charge >= 0.3 is 0 Å². The molecule has 2 N–H and O–H groups in total. The Bertz CT molecular complexity index is 91.5. The second kappa shape index (κ2) is 4.76. The summed E-state index contributed by atoms with van der Waals surface area (Å²) in [6.07, 6.45) is 5.05. The van der Waals surface area contributed by atoms with E-state index in [1.165, 1.54) is 19.3 Å². The van der Waals surface area contributed by atoms with Gasteiger partial charge < -0.3 is 5.73 Å². The maximum atomic E-state index is 5.94. The molecule has 0 amide bonds. The summed E-state index contributed by atoms with van der Waals surface area (Å²) < 4.78 is 0. The molecular weight excluding hydrogens is 134 g/mol. The van der Waals surface area contributed by atoms with Crippen LogP contribution in [0.25, 0.3) is 0 Å². The van der Waals surface area contributed by atoms with Gasteiger partial charge in [-0.2, -0.15) is 0 Å². The first kappa shape index (κ1) is 11.0. The van der Waals surface area contributed by atoms with Crippen LogP contribution in [0.1, 0.15) is 53.4 Å². The second-order valence-electron chi connectivity index (χ2n) is 4.26. The Morgan fingerprint density at radius 3 is 2.09 bits per heavy atom. The smallest absolute Gasteiger partial charge is 0.00996 e. The predicted molar refractivity (Wildman–Crippen MR) is 51.6 cm³/mol. The van der Waals surface area contributed by atoms with Gasteiger partial charge in [-0.05, 0) is 26.2 Å². The fraction of sp³-hybridized carbons (Fsp3) is 1.00. The van der Waals surface area contributed by atoms with E-state index in [-0.39, 0.29) is 5.54 Å². The van der Waals surface area contributed by atoms with Gasteiger partial charge in [0.2, 0.25) is 0 Å². The van der Waals surface area contributed by atoms with Crippen LogP contribution in [0.2, 0.25) is 0 Å². The van der Waals surface area contributed by atoms with Gasteiger partial charge in [-0.15, -0.1) is 0 Å². The standard InChI is InChI=1S/C10H23N/c1-5-7-9(6-2)8-10(3,4)11/h9H,5-8,11H2,1-4H3. The summed E-state index contributed by atoms with van der Waals surface area (Å²) in [7, 11) is 0. The van der Waals surface area contributed by atoms with Crippen LogP contribution in [0, 0.1) is 5.92 Å². The summed E-state index contributed by atoms with van der Waals surface area (Å²) in [6, 6.07) is 0. The summed E-state index contributed by atoms with van der Waals surface area (Å²) >= 11 is 0. The summed E-state index contributed by atoms with van der Waals surface area (Å²) in [5, 5.41) is 0. The van der Waals surface area contributed by atoms with Crippen molar-refractivity contribution < 1.29 is 0 Å². The van der Waals surface area contributed by atoms with Crippen molar-refractivity contribution in [3.8, 4) is 0 Å². The molecule has 0 aliphatic rings. The summed E-state index contributed by atoms with van der Waals surface area (Å²) in [4.78, 5) is 0. The monoisotopic (exact) mass is 157 g/mol. The molecule has 11 heavy (non-hydrogen) atoms. The van der Waals surface area contributed by atoms with Crippen LogP contribution in [-0.4, -0.2) is 5.54 Å². The van der Waals surface area contributed by atoms with Crippen molar-refractivity contribution in [2.45, 2.75) is 58.9 Å². The maximum Gasteiger partial charge on any atom is 0.00996 e. The minimum Gasteiger partial charge on any atom is -0.326 e. The average Bonchev–Trinajstić information content (AvgIpc) is 1.84. The molecule has 0 heterocycles. The zero-order valence-electron chi connectivity index (χ0n) is 8.48. The van der Waals surface area contributed by atoms with E-state index < -0.39 is 0 Å². The van der Waals surface area contributed by atoms with Gasteiger partial charge in [0.1, 0.15) is 0 Å². The second-order valence-corrected chi connectivity index (χ2v) is 4.26. The molecule has 0 aromatic carbocycles. The zero-order valence-corrected chi connectivity index (χ0v) is 8.48.